The molecule has 0 N–H and O–H groups in total. The number of carbonyl (C=O) groups excluding carboxylic acids is 1. The third-order valence-corrected chi connectivity index (χ3v) is 2.87. The molecule has 0 radical (unpaired) electrons. The molecule has 0 aliphatic carbocycles. The van der Waals surface area contributed by atoms with E-state index < -0.39 is 12.3 Å². The number of ether oxygens (including phenoxy) is 2. The summed E-state index contributed by atoms with van der Waals surface area (Å²) in [6.45, 7) is 1.29. The molecule has 0 spiro atoms. The Balaban J connectivity index is 1.74. The average Bonchev–Trinajstić information content (AvgIpc) is 2.47. The van der Waals surface area contributed by atoms with E-state index in [1.807, 2.05) is 24.3 Å². The van der Waals surface area contributed by atoms with Gasteiger partial charge in [-0.05, 0) is 12.1 Å². The van der Waals surface area contributed by atoms with Gasteiger partial charge >= 0.3 is 6.09 Å². The van der Waals surface area contributed by atoms with Crippen molar-refractivity contribution in [2.75, 3.05) is 24.6 Å². The van der Waals surface area contributed by atoms with Crippen LogP contribution in [0.2, 0.25) is 0 Å². The van der Waals surface area contributed by atoms with Crippen molar-refractivity contribution < 1.29 is 14.3 Å². The van der Waals surface area contributed by atoms with Crippen LogP contribution in [-0.2, 0) is 4.74 Å². The Morgan fingerprint density at radius 1 is 1.37 bits per heavy atom. The van der Waals surface area contributed by atoms with Gasteiger partial charge in [0, 0.05) is 12.4 Å². The predicted molar refractivity (Wildman–Crippen MR) is 71.4 cm³/mol. The van der Waals surface area contributed by atoms with Gasteiger partial charge in [0.25, 0.3) is 0 Å². The number of hydrogen-bond donors (Lipinski definition) is 0. The van der Waals surface area contributed by atoms with Gasteiger partial charge in [-0.3, -0.25) is 9.89 Å². The topological polar surface area (TPSA) is 63.5 Å². The number of hydrogen-bond acceptors (Lipinski definition) is 5. The molecule has 0 fully saturated rings. The lowest BCUT2D eigenvalue weighted by Gasteiger charge is -2.29. The van der Waals surface area contributed by atoms with Gasteiger partial charge in [-0.25, -0.2) is 9.79 Å². The lowest BCUT2D eigenvalue weighted by atomic mass is 10.2. The van der Waals surface area contributed by atoms with E-state index in [-0.39, 0.29) is 0 Å². The first kappa shape index (κ1) is 11.7. The van der Waals surface area contributed by atoms with Gasteiger partial charge < -0.3 is 9.47 Å². The van der Waals surface area contributed by atoms with E-state index in [4.69, 9.17) is 9.47 Å². The average molecular weight is 259 g/mol. The Morgan fingerprint density at radius 2 is 2.26 bits per heavy atom. The lowest BCUT2D eigenvalue weighted by Crippen LogP contribution is -2.40. The quantitative estimate of drug-likeness (QED) is 0.767. The van der Waals surface area contributed by atoms with E-state index in [9.17, 15) is 4.79 Å². The minimum Gasteiger partial charge on any atom is -0.490 e. The molecular weight excluding hydrogens is 246 g/mol. The third kappa shape index (κ3) is 2.42. The van der Waals surface area contributed by atoms with Crippen LogP contribution in [0.5, 0.6) is 5.75 Å². The molecule has 0 saturated carbocycles. The molecule has 19 heavy (non-hydrogen) atoms. The summed E-state index contributed by atoms with van der Waals surface area (Å²) < 4.78 is 10.8. The number of amides is 1. The molecule has 0 aromatic heterocycles. The predicted octanol–water partition coefficient (Wildman–Crippen LogP) is 1.50. The SMILES string of the molecule is O=C(OC1CN=CC=N1)N1CCOc2ccccc21. The van der Waals surface area contributed by atoms with Crippen LogP contribution in [0, 0.1) is 0 Å². The molecule has 0 saturated heterocycles. The second-order valence-electron chi connectivity index (χ2n) is 4.12. The molecule has 1 amide bonds. The van der Waals surface area contributed by atoms with Crippen molar-refractivity contribution in [2.45, 2.75) is 6.23 Å². The first-order chi connectivity index (χ1) is 9.34. The van der Waals surface area contributed by atoms with Gasteiger partial charge in [0.15, 0.2) is 0 Å². The fourth-order valence-electron chi connectivity index (χ4n) is 1.99. The van der Waals surface area contributed by atoms with E-state index in [0.29, 0.717) is 25.4 Å². The second kappa shape index (κ2) is 5.09. The highest BCUT2D eigenvalue weighted by molar-refractivity contribution is 6.16. The Bertz CT molecular complexity index is 542. The van der Waals surface area contributed by atoms with Gasteiger partial charge in [0.05, 0.1) is 18.8 Å². The van der Waals surface area contributed by atoms with Gasteiger partial charge in [-0.15, -0.1) is 0 Å². The van der Waals surface area contributed by atoms with Crippen molar-refractivity contribution in [3.8, 4) is 5.75 Å². The number of aliphatic imine (C=N–C) groups is 2. The number of benzene rings is 1. The maximum Gasteiger partial charge on any atom is 0.416 e. The Hall–Kier alpha value is -2.37. The van der Waals surface area contributed by atoms with Crippen molar-refractivity contribution >= 4 is 24.2 Å². The van der Waals surface area contributed by atoms with Crippen LogP contribution in [0.15, 0.2) is 34.3 Å². The molecule has 6 nitrogen and oxygen atoms in total. The number of anilines is 1. The Kier molecular flexibility index (Phi) is 3.14. The smallest absolute Gasteiger partial charge is 0.416 e. The molecule has 2 heterocycles. The van der Waals surface area contributed by atoms with Crippen molar-refractivity contribution in [3.05, 3.63) is 24.3 Å². The minimum absolute atomic E-state index is 0.369. The summed E-state index contributed by atoms with van der Waals surface area (Å²) in [7, 11) is 0. The Labute approximate surface area is 110 Å². The molecule has 3 rings (SSSR count). The van der Waals surface area contributed by atoms with E-state index in [0.717, 1.165) is 5.69 Å². The highest BCUT2D eigenvalue weighted by atomic mass is 16.6. The molecule has 1 aromatic rings. The van der Waals surface area contributed by atoms with Crippen LogP contribution in [0.3, 0.4) is 0 Å². The molecule has 1 atom stereocenters. The van der Waals surface area contributed by atoms with Crippen molar-refractivity contribution in [1.82, 2.24) is 0 Å². The summed E-state index contributed by atoms with van der Waals surface area (Å²) >= 11 is 0. The first-order valence-electron chi connectivity index (χ1n) is 6.06. The number of fused-ring (bicyclic) bond motifs is 1. The van der Waals surface area contributed by atoms with Gasteiger partial charge in [-0.1, -0.05) is 12.1 Å². The molecule has 98 valence electrons. The molecule has 2 aliphatic heterocycles. The highest BCUT2D eigenvalue weighted by Gasteiger charge is 2.26. The van der Waals surface area contributed by atoms with Gasteiger partial charge in [-0.2, -0.15) is 0 Å². The van der Waals surface area contributed by atoms with Crippen LogP contribution in [0.25, 0.3) is 0 Å². The molecule has 0 bridgehead atoms. The number of nitrogens with zero attached hydrogens (tertiary/aromatic N) is 3. The summed E-state index contributed by atoms with van der Waals surface area (Å²) in [6.07, 6.45) is 2.17. The van der Waals surface area contributed by atoms with Gasteiger partial charge in [0.1, 0.15) is 12.4 Å². The third-order valence-electron chi connectivity index (χ3n) is 2.87. The molecule has 1 unspecified atom stereocenters. The zero-order valence-corrected chi connectivity index (χ0v) is 10.2. The summed E-state index contributed by atoms with van der Waals surface area (Å²) in [6, 6.07) is 7.39. The van der Waals surface area contributed by atoms with Crippen LogP contribution < -0.4 is 9.64 Å². The van der Waals surface area contributed by atoms with Crippen LogP contribution in [0.4, 0.5) is 10.5 Å². The lowest BCUT2D eigenvalue weighted by molar-refractivity contribution is 0.111. The first-order valence-corrected chi connectivity index (χ1v) is 6.06. The zero-order chi connectivity index (χ0) is 13.1. The van der Waals surface area contributed by atoms with Crippen molar-refractivity contribution in [2.24, 2.45) is 9.98 Å². The maximum absolute atomic E-state index is 12.2. The van der Waals surface area contributed by atoms with E-state index >= 15 is 0 Å². The monoisotopic (exact) mass is 259 g/mol. The summed E-state index contributed by atoms with van der Waals surface area (Å²) in [5.74, 6) is 0.691. The molecule has 1 aromatic carbocycles. The summed E-state index contributed by atoms with van der Waals surface area (Å²) in [5.41, 5.74) is 0.724. The summed E-state index contributed by atoms with van der Waals surface area (Å²) in [4.78, 5) is 21.8. The molecule has 2 aliphatic rings. The van der Waals surface area contributed by atoms with Crippen LogP contribution in [0.1, 0.15) is 0 Å². The van der Waals surface area contributed by atoms with Crippen LogP contribution >= 0.6 is 0 Å². The maximum atomic E-state index is 12.2. The fourth-order valence-corrected chi connectivity index (χ4v) is 1.99. The highest BCUT2D eigenvalue weighted by Crippen LogP contribution is 2.31. The number of para-hydroxylation sites is 2. The van der Waals surface area contributed by atoms with E-state index in [1.54, 1.807) is 11.1 Å². The molecule has 6 heteroatoms. The second-order valence-corrected chi connectivity index (χ2v) is 4.12. The minimum atomic E-state index is -0.535. The normalized spacial score (nSPS) is 20.6. The van der Waals surface area contributed by atoms with E-state index in [2.05, 4.69) is 9.98 Å². The Morgan fingerprint density at radius 3 is 3.11 bits per heavy atom. The van der Waals surface area contributed by atoms with Crippen molar-refractivity contribution in [3.63, 3.8) is 0 Å². The van der Waals surface area contributed by atoms with E-state index in [1.165, 1.54) is 6.21 Å². The standard InChI is InChI=1S/C13H13N3O3/c17-13(19-12-9-14-5-6-15-12)16-7-8-18-11-4-2-1-3-10(11)16/h1-6,12H,7-9H2. The number of carbonyl (C=O) groups is 1. The fraction of sp³-hybridized carbons (Fsp3) is 0.308. The van der Waals surface area contributed by atoms with Gasteiger partial charge in [0.2, 0.25) is 6.23 Å². The number of rotatable bonds is 1. The van der Waals surface area contributed by atoms with Crippen LogP contribution in [-0.4, -0.2) is 44.4 Å². The molecular formula is C13H13N3O3. The largest absolute Gasteiger partial charge is 0.490 e. The van der Waals surface area contributed by atoms with Crippen molar-refractivity contribution in [1.29, 1.82) is 0 Å². The summed E-state index contributed by atoms with van der Waals surface area (Å²) in [5, 5.41) is 0. The zero-order valence-electron chi connectivity index (χ0n) is 10.2.